The van der Waals surface area contributed by atoms with Crippen molar-refractivity contribution in [3.8, 4) is 0 Å². The molecule has 0 unspecified atom stereocenters. The first-order chi connectivity index (χ1) is 13.2. The number of hydrogen-bond acceptors (Lipinski definition) is 3. The Balaban J connectivity index is 1.38. The molecule has 0 radical (unpaired) electrons. The second kappa shape index (κ2) is 8.22. The first-order valence-electron chi connectivity index (χ1n) is 10.2. The molecule has 1 aromatic carbocycles. The molecule has 3 aliphatic rings. The molecule has 0 N–H and O–H groups in total. The molecule has 3 saturated heterocycles. The number of fused-ring (bicyclic) bond motifs is 4. The molecular weight excluding hydrogens is 334 g/mol. The Morgan fingerprint density at radius 2 is 1.96 bits per heavy atom. The average Bonchev–Trinajstić information content (AvgIpc) is 3.00. The van der Waals surface area contributed by atoms with E-state index in [1.54, 1.807) is 12.4 Å². The Kier molecular flexibility index (Phi) is 5.53. The van der Waals surface area contributed by atoms with Gasteiger partial charge < -0.3 is 9.80 Å². The molecule has 0 aliphatic carbocycles. The fourth-order valence-corrected chi connectivity index (χ4v) is 4.60. The smallest absolute Gasteiger partial charge is 0.255 e. The minimum Gasteiger partial charge on any atom is -0.334 e. The summed E-state index contributed by atoms with van der Waals surface area (Å²) in [5.41, 5.74) is 3.20. The summed E-state index contributed by atoms with van der Waals surface area (Å²) in [6.45, 7) is 6.15. The number of rotatable bonds is 5. The van der Waals surface area contributed by atoms with Crippen LogP contribution in [-0.4, -0.2) is 52.9 Å². The minimum absolute atomic E-state index is 0.168. The van der Waals surface area contributed by atoms with Crippen LogP contribution in [-0.2, 0) is 6.42 Å². The number of carbonyl (C=O) groups excluding carboxylic acids is 1. The number of piperidine rings is 1. The third-order valence-electron chi connectivity index (χ3n) is 6.10. The molecule has 0 spiro atoms. The summed E-state index contributed by atoms with van der Waals surface area (Å²) >= 11 is 0. The van der Waals surface area contributed by atoms with Crippen LogP contribution in [0.3, 0.4) is 0 Å². The molecule has 4 heterocycles. The van der Waals surface area contributed by atoms with Gasteiger partial charge in [-0.25, -0.2) is 0 Å². The lowest BCUT2D eigenvalue weighted by Crippen LogP contribution is -2.47. The van der Waals surface area contributed by atoms with E-state index in [2.05, 4.69) is 45.1 Å². The topological polar surface area (TPSA) is 36.4 Å². The lowest BCUT2D eigenvalue weighted by molar-refractivity contribution is 0.0584. The summed E-state index contributed by atoms with van der Waals surface area (Å²) in [6.07, 6.45) is 8.17. The van der Waals surface area contributed by atoms with Crippen molar-refractivity contribution in [1.82, 2.24) is 14.8 Å². The molecular formula is C23H29N3O. The van der Waals surface area contributed by atoms with E-state index < -0.39 is 0 Å². The zero-order chi connectivity index (χ0) is 18.6. The number of carbonyl (C=O) groups is 1. The lowest BCUT2D eigenvalue weighted by atomic mass is 9.94. The maximum atomic E-state index is 13.1. The van der Waals surface area contributed by atoms with Crippen molar-refractivity contribution in [1.29, 1.82) is 0 Å². The van der Waals surface area contributed by atoms with Crippen LogP contribution in [0.4, 0.5) is 0 Å². The molecule has 1 aromatic heterocycles. The Hall–Kier alpha value is -2.20. The number of aromatic nitrogens is 1. The maximum Gasteiger partial charge on any atom is 0.255 e. The zero-order valence-corrected chi connectivity index (χ0v) is 16.2. The van der Waals surface area contributed by atoms with Gasteiger partial charge in [-0.05, 0) is 62.3 Å². The SMILES string of the molecule is Cc1ccncc1C(=O)N1C[C@H]2CC[C@@H]1CN(CCCc1ccccc1)C2. The molecule has 142 valence electrons. The minimum atomic E-state index is 0.168. The summed E-state index contributed by atoms with van der Waals surface area (Å²) in [5.74, 6) is 0.767. The number of amides is 1. The Morgan fingerprint density at radius 3 is 2.78 bits per heavy atom. The summed E-state index contributed by atoms with van der Waals surface area (Å²) in [4.78, 5) is 22.0. The van der Waals surface area contributed by atoms with E-state index in [4.69, 9.17) is 0 Å². The van der Waals surface area contributed by atoms with Crippen LogP contribution in [0.25, 0.3) is 0 Å². The van der Waals surface area contributed by atoms with Crippen molar-refractivity contribution in [3.63, 3.8) is 0 Å². The highest BCUT2D eigenvalue weighted by Crippen LogP contribution is 2.29. The van der Waals surface area contributed by atoms with Gasteiger partial charge in [0.1, 0.15) is 0 Å². The van der Waals surface area contributed by atoms with E-state index in [0.717, 1.165) is 50.1 Å². The Bertz CT molecular complexity index is 776. The van der Waals surface area contributed by atoms with Crippen LogP contribution >= 0.6 is 0 Å². The Morgan fingerprint density at radius 1 is 1.11 bits per heavy atom. The predicted octanol–water partition coefficient (Wildman–Crippen LogP) is 3.56. The highest BCUT2D eigenvalue weighted by Gasteiger charge is 2.37. The molecule has 4 nitrogen and oxygen atoms in total. The highest BCUT2D eigenvalue weighted by molar-refractivity contribution is 5.95. The number of pyridine rings is 1. The molecule has 2 bridgehead atoms. The predicted molar refractivity (Wildman–Crippen MR) is 108 cm³/mol. The lowest BCUT2D eigenvalue weighted by Gasteiger charge is -2.36. The number of hydrogen-bond donors (Lipinski definition) is 0. The van der Waals surface area contributed by atoms with Crippen molar-refractivity contribution in [3.05, 3.63) is 65.5 Å². The summed E-state index contributed by atoms with van der Waals surface area (Å²) in [7, 11) is 0. The van der Waals surface area contributed by atoms with Gasteiger partial charge in [0.2, 0.25) is 0 Å². The van der Waals surface area contributed by atoms with Gasteiger partial charge in [-0.1, -0.05) is 30.3 Å². The van der Waals surface area contributed by atoms with Gasteiger partial charge in [-0.15, -0.1) is 0 Å². The monoisotopic (exact) mass is 363 g/mol. The Labute approximate surface area is 162 Å². The van der Waals surface area contributed by atoms with Gasteiger partial charge in [0.15, 0.2) is 0 Å². The number of nitrogens with zero attached hydrogens (tertiary/aromatic N) is 3. The third kappa shape index (κ3) is 4.22. The van der Waals surface area contributed by atoms with Gasteiger partial charge >= 0.3 is 0 Å². The molecule has 3 fully saturated rings. The second-order valence-electron chi connectivity index (χ2n) is 8.09. The van der Waals surface area contributed by atoms with E-state index >= 15 is 0 Å². The van der Waals surface area contributed by atoms with Crippen LogP contribution in [0.5, 0.6) is 0 Å². The second-order valence-corrected chi connectivity index (χ2v) is 8.09. The molecule has 2 aromatic rings. The third-order valence-corrected chi connectivity index (χ3v) is 6.10. The fourth-order valence-electron chi connectivity index (χ4n) is 4.60. The van der Waals surface area contributed by atoms with E-state index in [9.17, 15) is 4.79 Å². The van der Waals surface area contributed by atoms with Gasteiger partial charge in [0.05, 0.1) is 5.56 Å². The molecule has 27 heavy (non-hydrogen) atoms. The molecule has 5 rings (SSSR count). The highest BCUT2D eigenvalue weighted by atomic mass is 16.2. The van der Waals surface area contributed by atoms with Crippen molar-refractivity contribution in [2.75, 3.05) is 26.2 Å². The standard InChI is InChI=1S/C23H29N3O/c1-18-11-12-24-14-22(18)23(27)26-16-20-9-10-21(26)17-25(15-20)13-5-8-19-6-3-2-4-7-19/h2-4,6-7,11-12,14,20-21H,5,8-10,13,15-17H2,1H3/t20-,21+/m0/s1. The van der Waals surface area contributed by atoms with E-state index in [1.807, 2.05) is 13.0 Å². The van der Waals surface area contributed by atoms with Gasteiger partial charge in [-0.3, -0.25) is 9.78 Å². The molecule has 2 atom stereocenters. The molecule has 0 saturated carbocycles. The molecule has 4 heteroatoms. The fraction of sp³-hybridized carbons (Fsp3) is 0.478. The molecule has 1 amide bonds. The van der Waals surface area contributed by atoms with Crippen molar-refractivity contribution < 1.29 is 4.79 Å². The van der Waals surface area contributed by atoms with Crippen molar-refractivity contribution in [2.24, 2.45) is 5.92 Å². The van der Waals surface area contributed by atoms with E-state index in [-0.39, 0.29) is 5.91 Å². The number of aryl methyl sites for hydroxylation is 2. The van der Waals surface area contributed by atoms with Crippen LogP contribution in [0, 0.1) is 12.8 Å². The van der Waals surface area contributed by atoms with Gasteiger partial charge in [-0.2, -0.15) is 0 Å². The van der Waals surface area contributed by atoms with Crippen LogP contribution in [0.2, 0.25) is 0 Å². The van der Waals surface area contributed by atoms with E-state index in [0.29, 0.717) is 12.0 Å². The normalized spacial score (nSPS) is 22.6. The summed E-state index contributed by atoms with van der Waals surface area (Å²) in [6, 6.07) is 13.0. The number of benzene rings is 1. The van der Waals surface area contributed by atoms with Crippen LogP contribution in [0.15, 0.2) is 48.8 Å². The summed E-state index contributed by atoms with van der Waals surface area (Å²) in [5, 5.41) is 0. The molecule has 3 aliphatic heterocycles. The summed E-state index contributed by atoms with van der Waals surface area (Å²) < 4.78 is 0. The average molecular weight is 364 g/mol. The van der Waals surface area contributed by atoms with E-state index in [1.165, 1.54) is 18.4 Å². The first-order valence-corrected chi connectivity index (χ1v) is 10.2. The zero-order valence-electron chi connectivity index (χ0n) is 16.2. The first kappa shape index (κ1) is 18.2. The van der Waals surface area contributed by atoms with Crippen LogP contribution in [0.1, 0.15) is 40.7 Å². The van der Waals surface area contributed by atoms with Crippen molar-refractivity contribution >= 4 is 5.91 Å². The van der Waals surface area contributed by atoms with Crippen molar-refractivity contribution in [2.45, 2.75) is 38.6 Å². The van der Waals surface area contributed by atoms with Gasteiger partial charge in [0, 0.05) is 38.1 Å². The van der Waals surface area contributed by atoms with Gasteiger partial charge in [0.25, 0.3) is 5.91 Å². The maximum absolute atomic E-state index is 13.1. The van der Waals surface area contributed by atoms with Crippen LogP contribution < -0.4 is 0 Å². The largest absolute Gasteiger partial charge is 0.334 e. The quantitative estimate of drug-likeness (QED) is 0.815.